The molecule has 0 fully saturated rings. The number of nitrogens with zero attached hydrogens (tertiary/aromatic N) is 3. The van der Waals surface area contributed by atoms with Crippen LogP contribution in [0.4, 0.5) is 0 Å². The van der Waals surface area contributed by atoms with E-state index in [4.69, 9.17) is 4.74 Å². The molecule has 0 N–H and O–H groups in total. The molecule has 5 heteroatoms. The second-order valence-electron chi connectivity index (χ2n) is 5.16. The van der Waals surface area contributed by atoms with Crippen LogP contribution >= 0.6 is 11.3 Å². The van der Waals surface area contributed by atoms with Crippen molar-refractivity contribution in [3.63, 3.8) is 0 Å². The molecular weight excluding hydrogens is 282 g/mol. The molecule has 0 bridgehead atoms. The average molecular weight is 301 g/mol. The second-order valence-corrected chi connectivity index (χ2v) is 6.36. The number of rotatable bonds is 3. The summed E-state index contributed by atoms with van der Waals surface area (Å²) in [5.74, 6) is 1.80. The number of aromatic nitrogens is 3. The lowest BCUT2D eigenvalue weighted by molar-refractivity contribution is 0.104. The molecule has 21 heavy (non-hydrogen) atoms. The third-order valence-electron chi connectivity index (χ3n) is 3.88. The van der Waals surface area contributed by atoms with Crippen LogP contribution in [-0.4, -0.2) is 14.8 Å². The third-order valence-corrected chi connectivity index (χ3v) is 5.06. The molecule has 0 radical (unpaired) electrons. The summed E-state index contributed by atoms with van der Waals surface area (Å²) in [7, 11) is 0. The van der Waals surface area contributed by atoms with E-state index in [2.05, 4.69) is 41.3 Å². The zero-order valence-corrected chi connectivity index (χ0v) is 13.5. The SMILES string of the molecule is C=C/C(=C\C)Cc1c(C)sc2c1COCc1nnc(C)n1-2. The molecule has 0 amide bonds. The van der Waals surface area contributed by atoms with E-state index < -0.39 is 0 Å². The molecule has 4 nitrogen and oxygen atoms in total. The Balaban J connectivity index is 2.14. The number of ether oxygens (including phenoxy) is 1. The Morgan fingerprint density at radius 3 is 2.90 bits per heavy atom. The molecule has 110 valence electrons. The van der Waals surface area contributed by atoms with Crippen LogP contribution in [-0.2, 0) is 24.4 Å². The first-order valence-electron chi connectivity index (χ1n) is 7.03. The Morgan fingerprint density at radius 2 is 2.19 bits per heavy atom. The lowest BCUT2D eigenvalue weighted by atomic mass is 10.0. The summed E-state index contributed by atoms with van der Waals surface area (Å²) in [5, 5.41) is 9.60. The van der Waals surface area contributed by atoms with Crippen molar-refractivity contribution in [3.05, 3.63) is 52.0 Å². The van der Waals surface area contributed by atoms with Gasteiger partial charge < -0.3 is 4.74 Å². The first-order valence-corrected chi connectivity index (χ1v) is 7.85. The lowest BCUT2D eigenvalue weighted by Crippen LogP contribution is -2.00. The highest BCUT2D eigenvalue weighted by Gasteiger charge is 2.24. The van der Waals surface area contributed by atoms with Gasteiger partial charge in [0.15, 0.2) is 5.82 Å². The summed E-state index contributed by atoms with van der Waals surface area (Å²) in [6.45, 7) is 11.2. The number of allylic oxidation sites excluding steroid dienone is 3. The Hall–Kier alpha value is -1.72. The van der Waals surface area contributed by atoms with E-state index in [1.165, 1.54) is 26.6 Å². The molecule has 0 aromatic carbocycles. The molecular formula is C16H19N3OS. The molecule has 0 unspecified atom stereocenters. The molecule has 1 aliphatic rings. The fraction of sp³-hybridized carbons (Fsp3) is 0.375. The van der Waals surface area contributed by atoms with E-state index in [-0.39, 0.29) is 0 Å². The van der Waals surface area contributed by atoms with Gasteiger partial charge in [0, 0.05) is 10.4 Å². The number of aryl methyl sites for hydroxylation is 2. The van der Waals surface area contributed by atoms with Crippen LogP contribution in [0.25, 0.3) is 5.00 Å². The maximum Gasteiger partial charge on any atom is 0.164 e. The normalized spacial score (nSPS) is 14.5. The maximum atomic E-state index is 5.80. The summed E-state index contributed by atoms with van der Waals surface area (Å²) in [5.41, 5.74) is 3.85. The summed E-state index contributed by atoms with van der Waals surface area (Å²) >= 11 is 1.80. The van der Waals surface area contributed by atoms with Gasteiger partial charge in [-0.3, -0.25) is 4.57 Å². The van der Waals surface area contributed by atoms with Crippen molar-refractivity contribution in [3.8, 4) is 5.00 Å². The molecule has 0 atom stereocenters. The summed E-state index contributed by atoms with van der Waals surface area (Å²) < 4.78 is 7.93. The fourth-order valence-corrected chi connectivity index (χ4v) is 3.92. The minimum absolute atomic E-state index is 0.513. The number of hydrogen-bond acceptors (Lipinski definition) is 4. The van der Waals surface area contributed by atoms with Gasteiger partial charge in [-0.1, -0.05) is 18.7 Å². The average Bonchev–Trinajstić information content (AvgIpc) is 2.91. The number of hydrogen-bond donors (Lipinski definition) is 0. The summed E-state index contributed by atoms with van der Waals surface area (Å²) in [6, 6.07) is 0. The second kappa shape index (κ2) is 5.58. The van der Waals surface area contributed by atoms with Crippen LogP contribution in [0.1, 0.15) is 34.6 Å². The van der Waals surface area contributed by atoms with Crippen LogP contribution in [0.2, 0.25) is 0 Å². The van der Waals surface area contributed by atoms with Gasteiger partial charge in [-0.2, -0.15) is 0 Å². The van der Waals surface area contributed by atoms with Crippen LogP contribution < -0.4 is 0 Å². The first-order chi connectivity index (χ1) is 10.2. The largest absolute Gasteiger partial charge is 0.369 e. The smallest absolute Gasteiger partial charge is 0.164 e. The standard InChI is InChI=1S/C16H19N3OS/c1-5-12(6-2)7-13-10(3)21-16-14(13)8-20-9-15-18-17-11(4)19(15)16/h5-6H,1,7-9H2,2-4H3/b12-6+. The van der Waals surface area contributed by atoms with Crippen molar-refractivity contribution in [2.24, 2.45) is 0 Å². The van der Waals surface area contributed by atoms with E-state index >= 15 is 0 Å². The first kappa shape index (κ1) is 14.2. The predicted octanol–water partition coefficient (Wildman–Crippen LogP) is 3.65. The van der Waals surface area contributed by atoms with Crippen molar-refractivity contribution in [1.82, 2.24) is 14.8 Å². The topological polar surface area (TPSA) is 39.9 Å². The molecule has 2 aromatic heterocycles. The highest BCUT2D eigenvalue weighted by molar-refractivity contribution is 7.14. The molecule has 3 rings (SSSR count). The van der Waals surface area contributed by atoms with E-state index in [1.807, 2.05) is 13.0 Å². The molecule has 0 aliphatic carbocycles. The van der Waals surface area contributed by atoms with Gasteiger partial charge in [0.25, 0.3) is 0 Å². The van der Waals surface area contributed by atoms with Crippen LogP contribution in [0.15, 0.2) is 24.3 Å². The predicted molar refractivity (Wildman–Crippen MR) is 84.9 cm³/mol. The van der Waals surface area contributed by atoms with Crippen molar-refractivity contribution < 1.29 is 4.74 Å². The van der Waals surface area contributed by atoms with E-state index in [9.17, 15) is 0 Å². The van der Waals surface area contributed by atoms with E-state index in [1.54, 1.807) is 11.3 Å². The van der Waals surface area contributed by atoms with Crippen molar-refractivity contribution in [2.45, 2.75) is 40.4 Å². The van der Waals surface area contributed by atoms with Crippen molar-refractivity contribution in [2.75, 3.05) is 0 Å². The van der Waals surface area contributed by atoms with Crippen molar-refractivity contribution >= 4 is 11.3 Å². The molecule has 0 spiro atoms. The van der Waals surface area contributed by atoms with Gasteiger partial charge >= 0.3 is 0 Å². The van der Waals surface area contributed by atoms with Gasteiger partial charge in [0.05, 0.1) is 6.61 Å². The summed E-state index contributed by atoms with van der Waals surface area (Å²) in [6.07, 6.45) is 4.94. The molecule has 2 aromatic rings. The molecule has 1 aliphatic heterocycles. The summed E-state index contributed by atoms with van der Waals surface area (Å²) in [4.78, 5) is 1.32. The molecule has 0 saturated carbocycles. The Bertz CT molecular complexity index is 724. The quantitative estimate of drug-likeness (QED) is 0.812. The van der Waals surface area contributed by atoms with E-state index in [0.29, 0.717) is 13.2 Å². The van der Waals surface area contributed by atoms with Gasteiger partial charge in [0.2, 0.25) is 0 Å². The fourth-order valence-electron chi connectivity index (χ4n) is 2.67. The Labute approximate surface area is 128 Å². The zero-order valence-electron chi connectivity index (χ0n) is 12.6. The molecule has 0 saturated heterocycles. The Kier molecular flexibility index (Phi) is 3.78. The van der Waals surface area contributed by atoms with Gasteiger partial charge in [-0.05, 0) is 38.3 Å². The monoisotopic (exact) mass is 301 g/mol. The zero-order chi connectivity index (χ0) is 15.0. The lowest BCUT2D eigenvalue weighted by Gasteiger charge is -2.07. The van der Waals surface area contributed by atoms with Gasteiger partial charge in [-0.25, -0.2) is 0 Å². The van der Waals surface area contributed by atoms with Gasteiger partial charge in [0.1, 0.15) is 17.4 Å². The highest BCUT2D eigenvalue weighted by Crippen LogP contribution is 2.36. The third kappa shape index (κ3) is 2.36. The van der Waals surface area contributed by atoms with Crippen LogP contribution in [0.5, 0.6) is 0 Å². The van der Waals surface area contributed by atoms with Crippen LogP contribution in [0.3, 0.4) is 0 Å². The maximum absolute atomic E-state index is 5.80. The number of fused-ring (bicyclic) bond motifs is 3. The van der Waals surface area contributed by atoms with Crippen LogP contribution in [0, 0.1) is 13.8 Å². The minimum Gasteiger partial charge on any atom is -0.369 e. The van der Waals surface area contributed by atoms with Gasteiger partial charge in [-0.15, -0.1) is 21.5 Å². The highest BCUT2D eigenvalue weighted by atomic mass is 32.1. The van der Waals surface area contributed by atoms with Crippen molar-refractivity contribution in [1.29, 1.82) is 0 Å². The van der Waals surface area contributed by atoms with E-state index in [0.717, 1.165) is 18.1 Å². The minimum atomic E-state index is 0.513. The Morgan fingerprint density at radius 1 is 1.38 bits per heavy atom. The number of thiophene rings is 1. The molecule has 3 heterocycles.